The molecular formula is C14H13N3O2S. The number of hydrogen-bond donors (Lipinski definition) is 2. The molecule has 0 fully saturated rings. The number of non-ortho nitro benzene ring substituents is 1. The molecule has 0 unspecified atom stereocenters. The first kappa shape index (κ1) is 14.1. The molecule has 2 aromatic carbocycles. The van der Waals surface area contributed by atoms with Crippen LogP contribution < -0.4 is 5.73 Å². The lowest BCUT2D eigenvalue weighted by atomic mass is 10.1. The largest absolute Gasteiger partial charge is 0.384 e. The number of hydrogen-bond acceptors (Lipinski definition) is 4. The highest BCUT2D eigenvalue weighted by atomic mass is 32.2. The monoisotopic (exact) mass is 287 g/mol. The molecule has 0 atom stereocenters. The van der Waals surface area contributed by atoms with E-state index in [0.717, 1.165) is 16.2 Å². The number of nitrogens with two attached hydrogens (primary N) is 1. The summed E-state index contributed by atoms with van der Waals surface area (Å²) in [6.45, 7) is 0. The van der Waals surface area contributed by atoms with Crippen LogP contribution in [0.2, 0.25) is 0 Å². The Labute approximate surface area is 120 Å². The molecule has 0 aromatic heterocycles. The van der Waals surface area contributed by atoms with Crippen LogP contribution in [0.3, 0.4) is 0 Å². The van der Waals surface area contributed by atoms with E-state index in [0.29, 0.717) is 5.56 Å². The van der Waals surface area contributed by atoms with Gasteiger partial charge in [0.1, 0.15) is 5.84 Å². The summed E-state index contributed by atoms with van der Waals surface area (Å²) in [6, 6.07) is 14.0. The topological polar surface area (TPSA) is 93.0 Å². The first-order valence-corrected chi connectivity index (χ1v) is 6.85. The van der Waals surface area contributed by atoms with Crippen molar-refractivity contribution in [1.29, 1.82) is 5.41 Å². The van der Waals surface area contributed by atoms with Crippen LogP contribution in [0.5, 0.6) is 0 Å². The maximum absolute atomic E-state index is 10.6. The van der Waals surface area contributed by atoms with Gasteiger partial charge in [-0.2, -0.15) is 0 Å². The Balaban J connectivity index is 2.03. The van der Waals surface area contributed by atoms with E-state index in [1.165, 1.54) is 12.1 Å². The molecule has 20 heavy (non-hydrogen) atoms. The Hall–Kier alpha value is -2.34. The van der Waals surface area contributed by atoms with E-state index in [1.807, 2.05) is 18.2 Å². The zero-order chi connectivity index (χ0) is 14.5. The number of nitro benzene ring substituents is 1. The maximum atomic E-state index is 10.6. The molecule has 0 aliphatic heterocycles. The first-order valence-electron chi connectivity index (χ1n) is 5.87. The van der Waals surface area contributed by atoms with Crippen molar-refractivity contribution in [2.75, 3.05) is 0 Å². The third kappa shape index (κ3) is 3.58. The summed E-state index contributed by atoms with van der Waals surface area (Å²) in [5.41, 5.74) is 7.30. The number of thioether (sulfide) groups is 1. The fourth-order valence-corrected chi connectivity index (χ4v) is 2.50. The van der Waals surface area contributed by atoms with Gasteiger partial charge in [0.15, 0.2) is 0 Å². The third-order valence-electron chi connectivity index (χ3n) is 2.69. The number of nitro groups is 1. The molecule has 2 aromatic rings. The summed E-state index contributed by atoms with van der Waals surface area (Å²) in [4.78, 5) is 11.1. The average Bonchev–Trinajstić information content (AvgIpc) is 2.46. The summed E-state index contributed by atoms with van der Waals surface area (Å²) < 4.78 is 0. The molecule has 3 N–H and O–H groups in total. The van der Waals surface area contributed by atoms with Gasteiger partial charge < -0.3 is 5.73 Å². The van der Waals surface area contributed by atoms with Gasteiger partial charge in [-0.25, -0.2) is 0 Å². The molecule has 0 saturated heterocycles. The lowest BCUT2D eigenvalue weighted by Crippen LogP contribution is -2.10. The predicted molar refractivity (Wildman–Crippen MR) is 80.1 cm³/mol. The number of benzene rings is 2. The molecule has 5 nitrogen and oxygen atoms in total. The van der Waals surface area contributed by atoms with Gasteiger partial charge in [-0.05, 0) is 23.8 Å². The second-order valence-electron chi connectivity index (χ2n) is 4.15. The minimum Gasteiger partial charge on any atom is -0.384 e. The minimum atomic E-state index is -0.412. The van der Waals surface area contributed by atoms with Gasteiger partial charge in [0, 0.05) is 28.3 Å². The van der Waals surface area contributed by atoms with Crippen molar-refractivity contribution >= 4 is 23.3 Å². The average molecular weight is 287 g/mol. The van der Waals surface area contributed by atoms with Crippen molar-refractivity contribution < 1.29 is 4.92 Å². The van der Waals surface area contributed by atoms with Crippen LogP contribution in [0.4, 0.5) is 5.69 Å². The fraction of sp³-hybridized carbons (Fsp3) is 0.0714. The van der Waals surface area contributed by atoms with Gasteiger partial charge in [-0.1, -0.05) is 18.2 Å². The van der Waals surface area contributed by atoms with E-state index in [4.69, 9.17) is 11.1 Å². The summed E-state index contributed by atoms with van der Waals surface area (Å²) in [5.74, 6) is 0.769. The lowest BCUT2D eigenvalue weighted by molar-refractivity contribution is -0.384. The molecule has 0 heterocycles. The van der Waals surface area contributed by atoms with Gasteiger partial charge in [0.05, 0.1) is 4.92 Å². The molecule has 0 spiro atoms. The molecule has 0 aliphatic rings. The van der Waals surface area contributed by atoms with Gasteiger partial charge in [0.25, 0.3) is 5.69 Å². The maximum Gasteiger partial charge on any atom is 0.269 e. The van der Waals surface area contributed by atoms with Crippen LogP contribution >= 0.6 is 11.8 Å². The van der Waals surface area contributed by atoms with Crippen molar-refractivity contribution in [3.8, 4) is 0 Å². The fourth-order valence-electron chi connectivity index (χ4n) is 1.66. The van der Waals surface area contributed by atoms with Crippen molar-refractivity contribution in [1.82, 2.24) is 0 Å². The van der Waals surface area contributed by atoms with Crippen LogP contribution in [0.15, 0.2) is 53.4 Å². The van der Waals surface area contributed by atoms with E-state index in [9.17, 15) is 10.1 Å². The smallest absolute Gasteiger partial charge is 0.269 e. The second kappa shape index (κ2) is 6.21. The van der Waals surface area contributed by atoms with Gasteiger partial charge >= 0.3 is 0 Å². The molecule has 0 radical (unpaired) electrons. The van der Waals surface area contributed by atoms with E-state index < -0.39 is 4.92 Å². The highest BCUT2D eigenvalue weighted by Crippen LogP contribution is 2.25. The van der Waals surface area contributed by atoms with Gasteiger partial charge in [-0.3, -0.25) is 15.5 Å². The summed E-state index contributed by atoms with van der Waals surface area (Å²) >= 11 is 1.58. The third-order valence-corrected chi connectivity index (χ3v) is 3.77. The molecule has 0 saturated carbocycles. The van der Waals surface area contributed by atoms with Crippen molar-refractivity contribution in [3.05, 3.63) is 69.8 Å². The summed E-state index contributed by atoms with van der Waals surface area (Å²) in [7, 11) is 0. The van der Waals surface area contributed by atoms with Crippen molar-refractivity contribution in [3.63, 3.8) is 0 Å². The summed E-state index contributed by atoms with van der Waals surface area (Å²) in [5, 5.41) is 18.0. The molecular weight excluding hydrogens is 274 g/mol. The van der Waals surface area contributed by atoms with Crippen LogP contribution in [-0.2, 0) is 5.75 Å². The Morgan fingerprint density at radius 3 is 2.55 bits per heavy atom. The van der Waals surface area contributed by atoms with E-state index in [1.54, 1.807) is 30.0 Å². The quantitative estimate of drug-likeness (QED) is 0.290. The molecule has 0 bridgehead atoms. The van der Waals surface area contributed by atoms with Crippen LogP contribution in [-0.4, -0.2) is 10.8 Å². The first-order chi connectivity index (χ1) is 9.56. The van der Waals surface area contributed by atoms with E-state index in [2.05, 4.69) is 0 Å². The Kier molecular flexibility index (Phi) is 4.37. The lowest BCUT2D eigenvalue weighted by Gasteiger charge is -2.04. The Morgan fingerprint density at radius 2 is 1.95 bits per heavy atom. The molecule has 0 amide bonds. The van der Waals surface area contributed by atoms with Crippen LogP contribution in [0, 0.1) is 15.5 Å². The standard InChI is InChI=1S/C14H13N3O2S/c15-14(16)11-3-1-2-10(8-11)9-20-13-6-4-12(5-7-13)17(18)19/h1-8H,9H2,(H3,15,16). The highest BCUT2D eigenvalue weighted by Gasteiger charge is 2.05. The number of amidine groups is 1. The van der Waals surface area contributed by atoms with Crippen molar-refractivity contribution in [2.45, 2.75) is 10.6 Å². The zero-order valence-electron chi connectivity index (χ0n) is 10.6. The second-order valence-corrected chi connectivity index (χ2v) is 5.20. The highest BCUT2D eigenvalue weighted by molar-refractivity contribution is 7.98. The number of rotatable bonds is 5. The molecule has 0 aliphatic carbocycles. The number of nitrogen functional groups attached to an aromatic ring is 1. The van der Waals surface area contributed by atoms with Gasteiger partial charge in [-0.15, -0.1) is 11.8 Å². The summed E-state index contributed by atoms with van der Waals surface area (Å²) in [6.07, 6.45) is 0. The SMILES string of the molecule is N=C(N)c1cccc(CSc2ccc([N+](=O)[O-])cc2)c1. The number of nitrogens with one attached hydrogen (secondary N) is 1. The van der Waals surface area contributed by atoms with Crippen molar-refractivity contribution in [2.24, 2.45) is 5.73 Å². The van der Waals surface area contributed by atoms with Crippen LogP contribution in [0.25, 0.3) is 0 Å². The predicted octanol–water partition coefficient (Wildman–Crippen LogP) is 3.17. The Bertz CT molecular complexity index is 641. The molecule has 2 rings (SSSR count). The zero-order valence-corrected chi connectivity index (χ0v) is 11.4. The minimum absolute atomic E-state index is 0.0483. The van der Waals surface area contributed by atoms with Crippen LogP contribution in [0.1, 0.15) is 11.1 Å². The Morgan fingerprint density at radius 1 is 1.25 bits per heavy atom. The number of nitrogens with zero attached hydrogens (tertiary/aromatic N) is 1. The molecule has 102 valence electrons. The van der Waals surface area contributed by atoms with E-state index in [-0.39, 0.29) is 11.5 Å². The molecule has 6 heteroatoms. The van der Waals surface area contributed by atoms with Gasteiger partial charge in [0.2, 0.25) is 0 Å². The van der Waals surface area contributed by atoms with E-state index >= 15 is 0 Å². The normalized spacial score (nSPS) is 10.2.